The molecule has 2 aliphatic rings. The maximum absolute atomic E-state index is 14.6. The number of benzene rings is 2. The summed E-state index contributed by atoms with van der Waals surface area (Å²) in [6.07, 6.45) is 5.12. The van der Waals surface area contributed by atoms with Crippen molar-refractivity contribution in [3.8, 4) is 23.0 Å². The van der Waals surface area contributed by atoms with Crippen molar-refractivity contribution in [2.75, 3.05) is 70.8 Å². The molecule has 0 amide bonds. The van der Waals surface area contributed by atoms with Crippen molar-refractivity contribution in [3.63, 3.8) is 0 Å². The minimum Gasteiger partial charge on any atom is -0.495 e. The highest BCUT2D eigenvalue weighted by Crippen LogP contribution is 2.35. The fourth-order valence-electron chi connectivity index (χ4n) is 5.34. The van der Waals surface area contributed by atoms with Crippen LogP contribution in [0, 0.1) is 11.6 Å². The highest BCUT2D eigenvalue weighted by Gasteiger charge is 2.27. The quantitative estimate of drug-likeness (QED) is 0.373. The molecule has 1 aromatic heterocycles. The average molecular weight is 571 g/mol. The Morgan fingerprint density at radius 2 is 1.51 bits per heavy atom. The summed E-state index contributed by atoms with van der Waals surface area (Å²) in [6, 6.07) is 7.73. The third-order valence-electron chi connectivity index (χ3n) is 7.58. The van der Waals surface area contributed by atoms with Gasteiger partial charge in [0.25, 0.3) is 0 Å². The van der Waals surface area contributed by atoms with Crippen LogP contribution in [0.3, 0.4) is 0 Å². The lowest BCUT2D eigenvalue weighted by Gasteiger charge is -2.41. The molecule has 0 bridgehead atoms. The number of rotatable bonds is 10. The monoisotopic (exact) mass is 570 g/mol. The van der Waals surface area contributed by atoms with Gasteiger partial charge in [-0.25, -0.2) is 18.7 Å². The zero-order valence-electron chi connectivity index (χ0n) is 23.6. The lowest BCUT2D eigenvalue weighted by molar-refractivity contribution is 0.150. The van der Waals surface area contributed by atoms with Gasteiger partial charge in [-0.15, -0.1) is 0 Å². The number of halogens is 2. The number of methoxy groups -OCH3 is 3. The van der Waals surface area contributed by atoms with Gasteiger partial charge in [0, 0.05) is 63.1 Å². The van der Waals surface area contributed by atoms with E-state index in [9.17, 15) is 8.78 Å². The van der Waals surface area contributed by atoms with E-state index in [2.05, 4.69) is 36.5 Å². The fourth-order valence-corrected chi connectivity index (χ4v) is 5.34. The number of hydrogen-bond donors (Lipinski definition) is 2. The van der Waals surface area contributed by atoms with Gasteiger partial charge in [-0.05, 0) is 25.0 Å². The standard InChI is InChI=1S/C29H36F2N6O4/c1-38-24-14-19(4-5-23(24)37-10-6-20(7-11-37)36-12-8-32-9-13-36)35-29-33-16-21(17-34-29)41-18-22-27(30)25(39-2)15-26(40-3)28(22)31/h4-5,14-17,20,32H,6-13,18H2,1-3H3,(H,33,34,35). The van der Waals surface area contributed by atoms with Crippen LogP contribution in [0.4, 0.5) is 26.1 Å². The van der Waals surface area contributed by atoms with Gasteiger partial charge in [-0.2, -0.15) is 0 Å². The molecular weight excluding hydrogens is 534 g/mol. The van der Waals surface area contributed by atoms with Crippen LogP contribution < -0.4 is 34.5 Å². The van der Waals surface area contributed by atoms with Crippen LogP contribution in [0.1, 0.15) is 18.4 Å². The Hall–Kier alpha value is -3.90. The van der Waals surface area contributed by atoms with Gasteiger partial charge in [-0.3, -0.25) is 4.90 Å². The molecule has 2 aliphatic heterocycles. The number of anilines is 3. The number of hydrogen-bond acceptors (Lipinski definition) is 10. The third-order valence-corrected chi connectivity index (χ3v) is 7.58. The predicted molar refractivity (Wildman–Crippen MR) is 152 cm³/mol. The molecule has 2 saturated heterocycles. The molecule has 2 N–H and O–H groups in total. The molecule has 2 aromatic carbocycles. The van der Waals surface area contributed by atoms with Crippen molar-refractivity contribution >= 4 is 17.3 Å². The van der Waals surface area contributed by atoms with E-state index >= 15 is 0 Å². The zero-order chi connectivity index (χ0) is 28.8. The third kappa shape index (κ3) is 6.54. The molecule has 41 heavy (non-hydrogen) atoms. The van der Waals surface area contributed by atoms with Gasteiger partial charge in [-0.1, -0.05) is 0 Å². The fraction of sp³-hybridized carbons (Fsp3) is 0.448. The van der Waals surface area contributed by atoms with Gasteiger partial charge in [0.05, 0.1) is 45.0 Å². The second kappa shape index (κ2) is 13.2. The highest BCUT2D eigenvalue weighted by atomic mass is 19.1. The summed E-state index contributed by atoms with van der Waals surface area (Å²) in [4.78, 5) is 13.5. The van der Waals surface area contributed by atoms with Crippen LogP contribution in [-0.2, 0) is 6.61 Å². The van der Waals surface area contributed by atoms with Crippen molar-refractivity contribution in [3.05, 3.63) is 53.9 Å². The van der Waals surface area contributed by atoms with Crippen LogP contribution in [0.5, 0.6) is 23.0 Å². The van der Waals surface area contributed by atoms with E-state index in [4.69, 9.17) is 18.9 Å². The molecular formula is C29H36F2N6O4. The van der Waals surface area contributed by atoms with Gasteiger partial charge < -0.3 is 34.5 Å². The molecule has 0 radical (unpaired) electrons. The Morgan fingerprint density at radius 1 is 0.878 bits per heavy atom. The van der Waals surface area contributed by atoms with Crippen molar-refractivity contribution in [1.82, 2.24) is 20.2 Å². The molecule has 3 aromatic rings. The molecule has 0 spiro atoms. The van der Waals surface area contributed by atoms with Gasteiger partial charge in [0.2, 0.25) is 5.95 Å². The Morgan fingerprint density at radius 3 is 2.12 bits per heavy atom. The summed E-state index contributed by atoms with van der Waals surface area (Å²) in [5.74, 6) is -0.638. The summed E-state index contributed by atoms with van der Waals surface area (Å²) < 4.78 is 50.4. The Balaban J connectivity index is 1.19. The number of piperazine rings is 1. The molecule has 12 heteroatoms. The Kier molecular flexibility index (Phi) is 9.20. The summed E-state index contributed by atoms with van der Waals surface area (Å²) in [7, 11) is 4.25. The predicted octanol–water partition coefficient (Wildman–Crippen LogP) is 3.98. The molecule has 5 rings (SSSR count). The minimum absolute atomic E-state index is 0.140. The van der Waals surface area contributed by atoms with Crippen molar-refractivity contribution < 1.29 is 27.7 Å². The van der Waals surface area contributed by atoms with E-state index in [-0.39, 0.29) is 22.8 Å². The number of piperidine rings is 1. The normalized spacial score (nSPS) is 16.4. The van der Waals surface area contributed by atoms with Gasteiger partial charge >= 0.3 is 0 Å². The van der Waals surface area contributed by atoms with Crippen molar-refractivity contribution in [2.45, 2.75) is 25.5 Å². The Bertz CT molecular complexity index is 1290. The van der Waals surface area contributed by atoms with Crippen molar-refractivity contribution in [1.29, 1.82) is 0 Å². The van der Waals surface area contributed by atoms with Crippen molar-refractivity contribution in [2.24, 2.45) is 0 Å². The smallest absolute Gasteiger partial charge is 0.227 e. The first-order chi connectivity index (χ1) is 20.0. The first-order valence-corrected chi connectivity index (χ1v) is 13.7. The molecule has 0 saturated carbocycles. The molecule has 220 valence electrons. The number of nitrogens with zero attached hydrogens (tertiary/aromatic N) is 4. The second-order valence-electron chi connectivity index (χ2n) is 9.93. The van der Waals surface area contributed by atoms with E-state index in [1.54, 1.807) is 7.11 Å². The lowest BCUT2D eigenvalue weighted by Crippen LogP contribution is -2.52. The molecule has 0 unspecified atom stereocenters. The largest absolute Gasteiger partial charge is 0.495 e. The molecule has 2 fully saturated rings. The van der Waals surface area contributed by atoms with E-state index in [0.717, 1.165) is 75.3 Å². The average Bonchev–Trinajstić information content (AvgIpc) is 3.02. The molecule has 10 nitrogen and oxygen atoms in total. The summed E-state index contributed by atoms with van der Waals surface area (Å²) in [5.41, 5.74) is 1.52. The number of nitrogens with one attached hydrogen (secondary N) is 2. The zero-order valence-corrected chi connectivity index (χ0v) is 23.6. The van der Waals surface area contributed by atoms with E-state index in [1.165, 1.54) is 26.6 Å². The maximum atomic E-state index is 14.6. The van der Waals surface area contributed by atoms with Gasteiger partial charge in [0.15, 0.2) is 28.9 Å². The van der Waals surface area contributed by atoms with Crippen LogP contribution in [-0.4, -0.2) is 81.5 Å². The van der Waals surface area contributed by atoms with Crippen LogP contribution in [0.25, 0.3) is 0 Å². The summed E-state index contributed by atoms with van der Waals surface area (Å²) >= 11 is 0. The molecule has 0 aliphatic carbocycles. The highest BCUT2D eigenvalue weighted by molar-refractivity contribution is 5.67. The Labute approximate surface area is 238 Å². The first kappa shape index (κ1) is 28.6. The lowest BCUT2D eigenvalue weighted by atomic mass is 10.0. The summed E-state index contributed by atoms with van der Waals surface area (Å²) in [5, 5.41) is 6.60. The van der Waals surface area contributed by atoms with Crippen LogP contribution in [0.2, 0.25) is 0 Å². The van der Waals surface area contributed by atoms with Gasteiger partial charge in [0.1, 0.15) is 12.4 Å². The first-order valence-electron chi connectivity index (χ1n) is 13.7. The minimum atomic E-state index is -0.855. The topological polar surface area (TPSA) is 93.2 Å². The number of aromatic nitrogens is 2. The number of ether oxygens (including phenoxy) is 4. The second-order valence-corrected chi connectivity index (χ2v) is 9.93. The van der Waals surface area contributed by atoms with Crippen LogP contribution >= 0.6 is 0 Å². The summed E-state index contributed by atoms with van der Waals surface area (Å²) in [6.45, 7) is 5.96. The SMILES string of the molecule is COc1cc(Nc2ncc(OCc3c(F)c(OC)cc(OC)c3F)cn2)ccc1N1CCC(N2CCNCC2)CC1. The molecule has 0 atom stereocenters. The van der Waals surface area contributed by atoms with Crippen LogP contribution in [0.15, 0.2) is 36.7 Å². The van der Waals surface area contributed by atoms with E-state index < -0.39 is 18.2 Å². The maximum Gasteiger partial charge on any atom is 0.227 e. The molecule has 3 heterocycles. The van der Waals surface area contributed by atoms with E-state index in [1.807, 2.05) is 12.1 Å². The van der Waals surface area contributed by atoms with E-state index in [0.29, 0.717) is 12.0 Å².